The van der Waals surface area contributed by atoms with Crippen molar-refractivity contribution in [3.8, 4) is 17.2 Å². The Morgan fingerprint density at radius 3 is 0.757 bits per heavy atom. The van der Waals surface area contributed by atoms with E-state index in [0.29, 0.717) is 54.0 Å². The molecule has 0 radical (unpaired) electrons. The summed E-state index contributed by atoms with van der Waals surface area (Å²) in [5, 5.41) is 50.7. The third-order valence-electron chi connectivity index (χ3n) is 22.6. The predicted molar refractivity (Wildman–Crippen MR) is 442 cm³/mol. The Morgan fingerprint density at radius 2 is 0.514 bits per heavy atom. The predicted octanol–water partition coefficient (Wildman–Crippen LogP) is 21.4. The molecule has 15 aromatic carbocycles. The van der Waals surface area contributed by atoms with Crippen LogP contribution in [0.1, 0.15) is 146 Å². The molecule has 18 aromatic rings. The molecule has 0 N–H and O–H groups in total. The maximum atomic E-state index is 7.16. The van der Waals surface area contributed by atoms with E-state index in [9.17, 15) is 0 Å². The zero-order valence-corrected chi connectivity index (χ0v) is 64.2. The SMILES string of the molecule is CC(C)(C)c1cc2c(OCc3cn(Cc4ccc5ccc6cccc7ccc4c5c67)nn3)c(c1)COCc1cc(C(C)(C)C)cc(c1OCc1cn(Cc3ccc4ccc5cccc6ccc3c4c56)nn1)COCc1cc(C(C)(C)C)cc(c1OCc1cn(Cc3ccc4ccc5cccc6ccc3c4c56)nn1)COC2. The van der Waals surface area contributed by atoms with Crippen LogP contribution in [-0.4, -0.2) is 45.0 Å². The largest absolute Gasteiger partial charge is 0.486 e. The van der Waals surface area contributed by atoms with Crippen LogP contribution in [0.15, 0.2) is 219 Å². The minimum absolute atomic E-state index is 0.142. The summed E-state index contributed by atoms with van der Waals surface area (Å²) < 4.78 is 48.4. The topological polar surface area (TPSA) is 148 Å². The van der Waals surface area contributed by atoms with Gasteiger partial charge in [0.2, 0.25) is 0 Å². The minimum Gasteiger partial charge on any atom is -0.486 e. The molecule has 0 unspecified atom stereocenters. The first-order valence-corrected chi connectivity index (χ1v) is 38.6. The first-order valence-electron chi connectivity index (χ1n) is 38.6. The van der Waals surface area contributed by atoms with Crippen LogP contribution >= 0.6 is 0 Å². The van der Waals surface area contributed by atoms with E-state index in [1.165, 1.54) is 97.0 Å². The number of nitrogens with zero attached hydrogens (tertiary/aromatic N) is 9. The lowest BCUT2D eigenvalue weighted by Gasteiger charge is -2.26. The zero-order valence-electron chi connectivity index (χ0n) is 64.2. The van der Waals surface area contributed by atoms with Crippen molar-refractivity contribution in [3.63, 3.8) is 0 Å². The smallest absolute Gasteiger partial charge is 0.134 e. The van der Waals surface area contributed by atoms with Crippen molar-refractivity contribution < 1.29 is 28.4 Å². The molecule has 552 valence electrons. The molecular weight excluding hydrogens is 1380 g/mol. The van der Waals surface area contributed by atoms with Crippen molar-refractivity contribution in [2.24, 2.45) is 0 Å². The van der Waals surface area contributed by atoms with Crippen LogP contribution in [0.3, 0.4) is 0 Å². The van der Waals surface area contributed by atoms with Gasteiger partial charge in [-0.05, 0) is 183 Å². The van der Waals surface area contributed by atoms with Gasteiger partial charge in [0.15, 0.2) is 0 Å². The Balaban J connectivity index is 0.669. The summed E-state index contributed by atoms with van der Waals surface area (Å²) in [6.07, 6.45) is 5.98. The molecule has 6 bridgehead atoms. The van der Waals surface area contributed by atoms with E-state index in [0.717, 1.165) is 66.8 Å². The van der Waals surface area contributed by atoms with E-state index in [2.05, 4.69) is 263 Å². The van der Waals surface area contributed by atoms with E-state index in [1.807, 2.05) is 32.6 Å². The van der Waals surface area contributed by atoms with Gasteiger partial charge in [0.05, 0.1) is 77.9 Å². The summed E-state index contributed by atoms with van der Waals surface area (Å²) in [5.74, 6) is 1.99. The van der Waals surface area contributed by atoms with Crippen molar-refractivity contribution >= 4 is 97.0 Å². The second kappa shape index (κ2) is 27.6. The van der Waals surface area contributed by atoms with Crippen molar-refractivity contribution in [3.05, 3.63) is 303 Å². The molecule has 111 heavy (non-hydrogen) atoms. The van der Waals surface area contributed by atoms with Gasteiger partial charge in [-0.1, -0.05) is 242 Å². The number of hydrogen-bond donors (Lipinski definition) is 0. The fraction of sp³-hybridized carbons (Fsp3) is 0.250. The Morgan fingerprint density at radius 1 is 0.288 bits per heavy atom. The van der Waals surface area contributed by atoms with Crippen LogP contribution in [0.25, 0.3) is 97.0 Å². The van der Waals surface area contributed by atoms with Crippen LogP contribution in [0, 0.1) is 0 Å². The van der Waals surface area contributed by atoms with Gasteiger partial charge in [-0.25, -0.2) is 14.0 Å². The fourth-order valence-corrected chi connectivity index (χ4v) is 16.8. The molecule has 15 heteroatoms. The van der Waals surface area contributed by atoms with Crippen molar-refractivity contribution in [2.45, 2.75) is 158 Å². The summed E-state index contributed by atoms with van der Waals surface area (Å²) in [4.78, 5) is 0. The monoisotopic (exact) mass is 1460 g/mol. The maximum absolute atomic E-state index is 7.16. The van der Waals surface area contributed by atoms with Crippen molar-refractivity contribution in [1.29, 1.82) is 0 Å². The standard InChI is InChI=1S/C96H87N9O6/c1-94(2,3)76-37-70-49-106-51-72-39-77(95(4,5)6)41-74(92(72)110-56-80-47-104(101-98-80)44-68-29-26-65-23-20-59-14-11-17-62-32-35-83(68)89(65)86(59)62)53-108-54-75-42-78(96(7,8)9)40-73(93(75)111-57-81-48-105(102-99-81)45-69-30-27-66-24-21-60-15-12-18-63-33-36-84(69)90(66)87(60)63)52-107-50-71(38-76)91(70)109-55-79-46-103(100-97-79)43-67-28-25-64-22-19-58-13-10-16-61-31-34-82(67)88(64)85(58)61/h10-42,46-48H,43-45,49-57H2,1-9H3. The number of benzene rings is 15. The molecule has 1 aliphatic rings. The lowest BCUT2D eigenvalue weighted by molar-refractivity contribution is 0.0892. The Hall–Kier alpha value is -11.9. The molecule has 0 spiro atoms. The van der Waals surface area contributed by atoms with Gasteiger partial charge in [-0.15, -0.1) is 15.3 Å². The third-order valence-corrected chi connectivity index (χ3v) is 22.6. The number of fused-ring (bicyclic) bond motifs is 6. The fourth-order valence-electron chi connectivity index (χ4n) is 16.8. The van der Waals surface area contributed by atoms with E-state index >= 15 is 0 Å². The maximum Gasteiger partial charge on any atom is 0.134 e. The third kappa shape index (κ3) is 13.3. The lowest BCUT2D eigenvalue weighted by atomic mass is 9.84. The van der Waals surface area contributed by atoms with Crippen LogP contribution in [0.5, 0.6) is 17.2 Å². The molecule has 0 fully saturated rings. The van der Waals surface area contributed by atoms with Gasteiger partial charge in [0, 0.05) is 33.4 Å². The normalized spacial score (nSPS) is 13.7. The van der Waals surface area contributed by atoms with Crippen LogP contribution in [-0.2, 0) is 110 Å². The highest BCUT2D eigenvalue weighted by molar-refractivity contribution is 6.26. The summed E-state index contributed by atoms with van der Waals surface area (Å²) in [6, 6.07) is 73.0. The lowest BCUT2D eigenvalue weighted by Crippen LogP contribution is -2.16. The van der Waals surface area contributed by atoms with Gasteiger partial charge in [-0.3, -0.25) is 0 Å². The van der Waals surface area contributed by atoms with Crippen LogP contribution < -0.4 is 14.2 Å². The van der Waals surface area contributed by atoms with Crippen molar-refractivity contribution in [2.75, 3.05) is 0 Å². The van der Waals surface area contributed by atoms with Gasteiger partial charge in [0.1, 0.15) is 54.2 Å². The Labute approximate surface area is 644 Å². The molecule has 0 atom stereocenters. The molecule has 4 heterocycles. The number of ether oxygens (including phenoxy) is 6. The van der Waals surface area contributed by atoms with Crippen LogP contribution in [0.2, 0.25) is 0 Å². The summed E-state index contributed by atoms with van der Waals surface area (Å²) in [5.41, 5.74) is 13.3. The van der Waals surface area contributed by atoms with Gasteiger partial charge >= 0.3 is 0 Å². The molecule has 0 aliphatic carbocycles. The average Bonchev–Trinajstić information content (AvgIpc) is 1.46. The Bertz CT molecular complexity index is 5840. The van der Waals surface area contributed by atoms with Crippen molar-refractivity contribution in [1.82, 2.24) is 45.0 Å². The minimum atomic E-state index is -0.270. The van der Waals surface area contributed by atoms with Gasteiger partial charge in [0.25, 0.3) is 0 Å². The number of hydrogen-bond acceptors (Lipinski definition) is 12. The molecule has 15 nitrogen and oxygen atoms in total. The second-order valence-electron chi connectivity index (χ2n) is 33.4. The summed E-state index contributed by atoms with van der Waals surface area (Å²) in [6.45, 7) is 23.4. The summed E-state index contributed by atoms with van der Waals surface area (Å²) in [7, 11) is 0. The highest BCUT2D eigenvalue weighted by Crippen LogP contribution is 2.43. The first kappa shape index (κ1) is 69.6. The van der Waals surface area contributed by atoms with E-state index < -0.39 is 0 Å². The van der Waals surface area contributed by atoms with Gasteiger partial charge < -0.3 is 28.4 Å². The molecule has 3 aromatic heterocycles. The zero-order chi connectivity index (χ0) is 75.4. The summed E-state index contributed by atoms with van der Waals surface area (Å²) >= 11 is 0. The molecular formula is C96H87N9O6. The van der Waals surface area contributed by atoms with E-state index in [-0.39, 0.29) is 75.7 Å². The van der Waals surface area contributed by atoms with E-state index in [4.69, 9.17) is 59.4 Å². The first-order chi connectivity index (χ1) is 53.8. The molecule has 19 rings (SSSR count). The van der Waals surface area contributed by atoms with E-state index in [1.54, 1.807) is 0 Å². The average molecular weight is 1460 g/mol. The molecule has 0 saturated heterocycles. The highest BCUT2D eigenvalue weighted by Gasteiger charge is 2.28. The Kier molecular flexibility index (Phi) is 17.3. The second-order valence-corrected chi connectivity index (χ2v) is 33.4. The quantitative estimate of drug-likeness (QED) is 0.0900. The van der Waals surface area contributed by atoms with Gasteiger partial charge in [-0.2, -0.15) is 0 Å². The highest BCUT2D eigenvalue weighted by atomic mass is 16.5. The number of rotatable bonds is 15. The molecule has 1 aliphatic heterocycles. The molecule has 0 saturated carbocycles. The molecule has 0 amide bonds. The number of aromatic nitrogens is 9. The van der Waals surface area contributed by atoms with Crippen LogP contribution in [0.4, 0.5) is 0 Å².